The third kappa shape index (κ3) is 6.57. The Hall–Kier alpha value is -2.37. The van der Waals surface area contributed by atoms with Crippen molar-refractivity contribution >= 4 is 5.96 Å². The van der Waals surface area contributed by atoms with Gasteiger partial charge in [0.1, 0.15) is 0 Å². The molecule has 4 N–H and O–H groups in total. The summed E-state index contributed by atoms with van der Waals surface area (Å²) in [5.41, 5.74) is 13.9. The van der Waals surface area contributed by atoms with Crippen LogP contribution in [0.2, 0.25) is 0 Å². The first-order valence-corrected chi connectivity index (χ1v) is 11.7. The number of benzene rings is 1. The molecule has 3 rings (SSSR count). The Morgan fingerprint density at radius 1 is 1.03 bits per heavy atom. The number of aromatic nitrogens is 2. The van der Waals surface area contributed by atoms with E-state index < -0.39 is 0 Å². The normalized spacial score (nSPS) is 16.7. The minimum Gasteiger partial charge on any atom is -0.339 e. The molecule has 1 saturated heterocycles. The molecule has 2 heterocycles. The van der Waals surface area contributed by atoms with Gasteiger partial charge in [-0.3, -0.25) is 16.0 Å². The first-order chi connectivity index (χ1) is 14.7. The van der Waals surface area contributed by atoms with E-state index >= 15 is 0 Å². The van der Waals surface area contributed by atoms with Crippen molar-refractivity contribution in [3.63, 3.8) is 0 Å². The highest BCUT2D eigenvalue weighted by atomic mass is 16.5. The first-order valence-electron chi connectivity index (χ1n) is 11.7. The summed E-state index contributed by atoms with van der Waals surface area (Å²) in [7, 11) is 0. The zero-order valence-corrected chi connectivity index (χ0v) is 18.5. The van der Waals surface area contributed by atoms with Crippen LogP contribution in [0.4, 0.5) is 0 Å². The number of piperidine rings is 1. The monoisotopic (exact) mass is 412 g/mol. The Bertz CT molecular complexity index is 792. The average Bonchev–Trinajstić information content (AvgIpc) is 3.26. The van der Waals surface area contributed by atoms with Gasteiger partial charge >= 0.3 is 5.96 Å². The van der Waals surface area contributed by atoms with Gasteiger partial charge in [-0.1, -0.05) is 81.3 Å². The van der Waals surface area contributed by atoms with Crippen LogP contribution in [0.5, 0.6) is 0 Å². The molecule has 6 heteroatoms. The fourth-order valence-electron chi connectivity index (χ4n) is 4.21. The Morgan fingerprint density at radius 3 is 2.43 bits per heavy atom. The number of hydrogen-bond acceptors (Lipinski definition) is 3. The van der Waals surface area contributed by atoms with Crippen molar-refractivity contribution in [2.45, 2.75) is 83.5 Å². The summed E-state index contributed by atoms with van der Waals surface area (Å²) in [6.07, 6.45) is 14.0. The lowest BCUT2D eigenvalue weighted by Crippen LogP contribution is -2.40. The van der Waals surface area contributed by atoms with E-state index in [1.165, 1.54) is 56.9 Å². The number of aryl methyl sites for hydroxylation is 1. The molecule has 30 heavy (non-hydrogen) atoms. The summed E-state index contributed by atoms with van der Waals surface area (Å²) in [4.78, 5) is 4.65. The first kappa shape index (κ1) is 22.3. The second kappa shape index (κ2) is 11.7. The van der Waals surface area contributed by atoms with Crippen molar-refractivity contribution in [1.29, 1.82) is 0 Å². The fourth-order valence-corrected chi connectivity index (χ4v) is 4.21. The quantitative estimate of drug-likeness (QED) is 0.320. The lowest BCUT2D eigenvalue weighted by Gasteiger charge is -2.21. The molecule has 0 bridgehead atoms. The third-order valence-electron chi connectivity index (χ3n) is 6.11. The summed E-state index contributed by atoms with van der Waals surface area (Å²) in [5.74, 6) is 1.89. The smallest absolute Gasteiger partial charge is 0.339 e. The lowest BCUT2D eigenvalue weighted by atomic mass is 9.99. The summed E-state index contributed by atoms with van der Waals surface area (Å²) in [6, 6.07) is 8.60. The maximum atomic E-state index is 5.75. The molecule has 0 unspecified atom stereocenters. The molecule has 0 amide bonds. The van der Waals surface area contributed by atoms with Gasteiger partial charge in [-0.25, -0.2) is 0 Å². The SMILES string of the molecule is CCCCCCCCCCc1ccc(-c2noc([C@H]3CCC[N+](=C(N)N)C3)n2)cc1. The van der Waals surface area contributed by atoms with E-state index in [0.29, 0.717) is 17.7 Å². The van der Waals surface area contributed by atoms with Crippen LogP contribution in [0.25, 0.3) is 11.4 Å². The van der Waals surface area contributed by atoms with Gasteiger partial charge < -0.3 is 4.52 Å². The van der Waals surface area contributed by atoms with Crippen molar-refractivity contribution < 1.29 is 9.10 Å². The highest BCUT2D eigenvalue weighted by Crippen LogP contribution is 2.26. The number of nitrogens with zero attached hydrogens (tertiary/aromatic N) is 3. The molecule has 1 aromatic heterocycles. The maximum absolute atomic E-state index is 5.75. The molecule has 1 atom stereocenters. The molecular weight excluding hydrogens is 374 g/mol. The van der Waals surface area contributed by atoms with Crippen molar-refractivity contribution in [2.24, 2.45) is 11.5 Å². The molecule has 164 valence electrons. The molecule has 0 spiro atoms. The summed E-state index contributed by atoms with van der Waals surface area (Å²) >= 11 is 0. The maximum Gasteiger partial charge on any atom is 0.341 e. The molecular formula is C24H38N5O+. The Balaban J connectivity index is 1.46. The van der Waals surface area contributed by atoms with E-state index in [-0.39, 0.29) is 5.92 Å². The number of rotatable bonds is 11. The van der Waals surface area contributed by atoms with Gasteiger partial charge in [0, 0.05) is 5.56 Å². The fraction of sp³-hybridized carbons (Fsp3) is 0.625. The van der Waals surface area contributed by atoms with Gasteiger partial charge in [-0.15, -0.1) is 0 Å². The molecule has 0 aliphatic carbocycles. The molecule has 6 nitrogen and oxygen atoms in total. The van der Waals surface area contributed by atoms with E-state index in [1.807, 2.05) is 4.58 Å². The molecule has 1 aliphatic heterocycles. The Morgan fingerprint density at radius 2 is 1.73 bits per heavy atom. The highest BCUT2D eigenvalue weighted by molar-refractivity contribution is 5.70. The molecule has 1 fully saturated rings. The van der Waals surface area contributed by atoms with Gasteiger partial charge in [0.2, 0.25) is 11.7 Å². The molecule has 1 aromatic carbocycles. The molecule has 2 aromatic rings. The van der Waals surface area contributed by atoms with Crippen LogP contribution in [0.3, 0.4) is 0 Å². The average molecular weight is 413 g/mol. The number of nitrogens with two attached hydrogens (primary N) is 2. The van der Waals surface area contributed by atoms with Crippen molar-refractivity contribution in [2.75, 3.05) is 13.1 Å². The zero-order chi connectivity index (χ0) is 21.2. The van der Waals surface area contributed by atoms with Crippen LogP contribution in [0.15, 0.2) is 28.8 Å². The molecule has 0 saturated carbocycles. The van der Waals surface area contributed by atoms with Gasteiger partial charge in [0.25, 0.3) is 0 Å². The van der Waals surface area contributed by atoms with Crippen LogP contribution >= 0.6 is 0 Å². The van der Waals surface area contributed by atoms with Crippen molar-refractivity contribution in [3.8, 4) is 11.4 Å². The minimum atomic E-state index is 0.184. The Kier molecular flexibility index (Phi) is 8.72. The third-order valence-corrected chi connectivity index (χ3v) is 6.11. The van der Waals surface area contributed by atoms with E-state index in [4.69, 9.17) is 16.0 Å². The summed E-state index contributed by atoms with van der Waals surface area (Å²) < 4.78 is 7.55. The molecule has 1 aliphatic rings. The van der Waals surface area contributed by atoms with Gasteiger partial charge in [-0.2, -0.15) is 4.98 Å². The van der Waals surface area contributed by atoms with Gasteiger partial charge in [0.05, 0.1) is 19.0 Å². The summed E-state index contributed by atoms with van der Waals surface area (Å²) in [6.45, 7) is 3.90. The van der Waals surface area contributed by atoms with Crippen molar-refractivity contribution in [3.05, 3.63) is 35.7 Å². The van der Waals surface area contributed by atoms with Crippen LogP contribution in [-0.4, -0.2) is 33.8 Å². The lowest BCUT2D eigenvalue weighted by molar-refractivity contribution is -0.542. The topological polar surface area (TPSA) is 94.0 Å². The predicted molar refractivity (Wildman–Crippen MR) is 121 cm³/mol. The number of guanidine groups is 1. The number of hydrogen-bond donors (Lipinski definition) is 2. The van der Waals surface area contributed by atoms with E-state index in [0.717, 1.165) is 37.9 Å². The van der Waals surface area contributed by atoms with Crippen LogP contribution < -0.4 is 11.5 Å². The van der Waals surface area contributed by atoms with E-state index in [1.54, 1.807) is 0 Å². The van der Waals surface area contributed by atoms with Gasteiger partial charge in [0.15, 0.2) is 0 Å². The highest BCUT2D eigenvalue weighted by Gasteiger charge is 2.26. The second-order valence-corrected chi connectivity index (χ2v) is 8.59. The summed E-state index contributed by atoms with van der Waals surface area (Å²) in [5, 5.41) is 4.20. The Labute approximate surface area is 180 Å². The predicted octanol–water partition coefficient (Wildman–Crippen LogP) is 4.58. The largest absolute Gasteiger partial charge is 0.341 e. The van der Waals surface area contributed by atoms with Gasteiger partial charge in [-0.05, 0) is 31.2 Å². The van der Waals surface area contributed by atoms with Crippen molar-refractivity contribution in [1.82, 2.24) is 10.1 Å². The zero-order valence-electron chi connectivity index (χ0n) is 18.5. The number of unbranched alkanes of at least 4 members (excludes halogenated alkanes) is 7. The van der Waals surface area contributed by atoms with Crippen LogP contribution in [0.1, 0.15) is 88.5 Å². The van der Waals surface area contributed by atoms with E-state index in [9.17, 15) is 0 Å². The van der Waals surface area contributed by atoms with E-state index in [2.05, 4.69) is 41.3 Å². The van der Waals surface area contributed by atoms with Crippen LogP contribution in [0, 0.1) is 0 Å². The molecule has 0 radical (unpaired) electrons. The van der Waals surface area contributed by atoms with Crippen LogP contribution in [-0.2, 0) is 6.42 Å². The minimum absolute atomic E-state index is 0.184. The second-order valence-electron chi connectivity index (χ2n) is 8.59. The standard InChI is InChI=1S/C24H37N5O/c1-2-3-4-5-6-7-8-9-11-19-13-15-20(16-14-19)22-27-23(30-28-22)21-12-10-17-29(18-21)24(25)26/h13-16,21H,2-12,17-18H2,1H3,(H3,25,26)/p+1/t21-/m0/s1.